The fraction of sp³-hybridized carbons (Fsp3) is 0.406. The molecule has 2 heterocycles. The van der Waals surface area contributed by atoms with Gasteiger partial charge in [-0.15, -0.1) is 0 Å². The van der Waals surface area contributed by atoms with Crippen LogP contribution in [0.4, 0.5) is 13.2 Å². The van der Waals surface area contributed by atoms with Crippen molar-refractivity contribution in [1.29, 1.82) is 0 Å². The van der Waals surface area contributed by atoms with Crippen LogP contribution >= 0.6 is 0 Å². The monoisotopic (exact) mass is 536 g/mol. The topological polar surface area (TPSA) is 43.8 Å². The highest BCUT2D eigenvalue weighted by molar-refractivity contribution is 5.92. The first-order valence-corrected chi connectivity index (χ1v) is 13.8. The molecule has 5 rings (SSSR count). The van der Waals surface area contributed by atoms with Gasteiger partial charge < -0.3 is 14.9 Å². The Morgan fingerprint density at radius 3 is 1.85 bits per heavy atom. The fourth-order valence-corrected chi connectivity index (χ4v) is 6.19. The van der Waals surface area contributed by atoms with Crippen molar-refractivity contribution in [2.24, 2.45) is 0 Å². The first-order chi connectivity index (χ1) is 18.7. The number of alkyl halides is 3. The van der Waals surface area contributed by atoms with E-state index in [4.69, 9.17) is 0 Å². The van der Waals surface area contributed by atoms with Crippen molar-refractivity contribution in [3.8, 4) is 0 Å². The number of piperidine rings is 1. The van der Waals surface area contributed by atoms with Crippen LogP contribution in [0.2, 0.25) is 0 Å². The normalized spacial score (nSPS) is 18.3. The van der Waals surface area contributed by atoms with Gasteiger partial charge in [0.15, 0.2) is 0 Å². The van der Waals surface area contributed by atoms with E-state index in [-0.39, 0.29) is 5.91 Å². The summed E-state index contributed by atoms with van der Waals surface area (Å²) in [4.78, 5) is 18.5. The van der Waals surface area contributed by atoms with Crippen molar-refractivity contribution in [2.45, 2.75) is 49.3 Å². The largest absolute Gasteiger partial charge is 0.416 e. The van der Waals surface area contributed by atoms with E-state index in [1.165, 1.54) is 6.07 Å². The van der Waals surface area contributed by atoms with E-state index >= 15 is 0 Å². The second kappa shape index (κ2) is 11.1. The minimum absolute atomic E-state index is 0.120. The van der Waals surface area contributed by atoms with Crippen LogP contribution in [0.25, 0.3) is 0 Å². The second-order valence-corrected chi connectivity index (χ2v) is 10.8. The quantitative estimate of drug-likeness (QED) is 0.404. The lowest BCUT2D eigenvalue weighted by atomic mass is 9.70. The number of hydrogen-bond acceptors (Lipinski definition) is 3. The van der Waals surface area contributed by atoms with Gasteiger partial charge in [-0.1, -0.05) is 72.8 Å². The Labute approximate surface area is 228 Å². The van der Waals surface area contributed by atoms with Crippen molar-refractivity contribution in [2.75, 3.05) is 32.7 Å². The van der Waals surface area contributed by atoms with E-state index < -0.39 is 22.8 Å². The summed E-state index contributed by atoms with van der Waals surface area (Å²) in [5.41, 5.74) is -0.659. The van der Waals surface area contributed by atoms with Gasteiger partial charge in [-0.2, -0.15) is 13.2 Å². The van der Waals surface area contributed by atoms with Crippen molar-refractivity contribution in [1.82, 2.24) is 9.80 Å². The maximum absolute atomic E-state index is 14.3. The van der Waals surface area contributed by atoms with E-state index in [0.717, 1.165) is 49.2 Å². The van der Waals surface area contributed by atoms with Crippen LogP contribution < -0.4 is 0 Å². The van der Waals surface area contributed by atoms with Gasteiger partial charge in [-0.25, -0.2) is 0 Å². The van der Waals surface area contributed by atoms with Crippen molar-refractivity contribution < 1.29 is 23.1 Å². The van der Waals surface area contributed by atoms with Crippen molar-refractivity contribution in [3.05, 3.63) is 107 Å². The highest BCUT2D eigenvalue weighted by Crippen LogP contribution is 2.41. The van der Waals surface area contributed by atoms with Gasteiger partial charge in [-0.05, 0) is 67.5 Å². The molecule has 2 aliphatic heterocycles. The summed E-state index contributed by atoms with van der Waals surface area (Å²) in [6.07, 6.45) is -1.21. The molecule has 2 aliphatic rings. The van der Waals surface area contributed by atoms with Crippen LogP contribution in [-0.4, -0.2) is 53.5 Å². The molecule has 0 unspecified atom stereocenters. The molecule has 0 aliphatic carbocycles. The van der Waals surface area contributed by atoms with Crippen molar-refractivity contribution >= 4 is 5.91 Å². The number of halogens is 3. The first kappa shape index (κ1) is 27.4. The highest BCUT2D eigenvalue weighted by atomic mass is 19.4. The zero-order chi connectivity index (χ0) is 27.5. The molecule has 3 aromatic carbocycles. The first-order valence-electron chi connectivity index (χ1n) is 13.8. The maximum Gasteiger partial charge on any atom is 0.416 e. The predicted octanol–water partition coefficient (Wildman–Crippen LogP) is 5.99. The molecule has 0 radical (unpaired) electrons. The fourth-order valence-electron chi connectivity index (χ4n) is 6.19. The summed E-state index contributed by atoms with van der Waals surface area (Å²) >= 11 is 0. The predicted molar refractivity (Wildman–Crippen MR) is 145 cm³/mol. The number of carbonyl (C=O) groups is 1. The van der Waals surface area contributed by atoms with E-state index in [0.29, 0.717) is 44.5 Å². The van der Waals surface area contributed by atoms with Gasteiger partial charge in [0.25, 0.3) is 0 Å². The van der Waals surface area contributed by atoms with Gasteiger partial charge in [-0.3, -0.25) is 4.79 Å². The molecule has 7 heteroatoms. The van der Waals surface area contributed by atoms with E-state index in [1.807, 2.05) is 65.6 Å². The second-order valence-electron chi connectivity index (χ2n) is 10.8. The number of nitrogens with zero attached hydrogens (tertiary/aromatic N) is 2. The minimum Gasteiger partial charge on any atom is -0.385 e. The SMILES string of the molecule is O=C(N1CCCC1)C(CCN1CCC(O)(c2cccc(C(F)(F)F)c2)CC1)(c1ccccc1)c1ccccc1. The molecule has 2 saturated heterocycles. The molecule has 1 amide bonds. The molecule has 0 saturated carbocycles. The summed E-state index contributed by atoms with van der Waals surface area (Å²) in [6.45, 7) is 3.21. The molecule has 0 aromatic heterocycles. The number of amides is 1. The number of likely N-dealkylation sites (tertiary alicyclic amines) is 2. The molecule has 1 N–H and O–H groups in total. The zero-order valence-electron chi connectivity index (χ0n) is 22.0. The Morgan fingerprint density at radius 2 is 1.31 bits per heavy atom. The Balaban J connectivity index is 1.38. The highest BCUT2D eigenvalue weighted by Gasteiger charge is 2.45. The molecular formula is C32H35F3N2O2. The zero-order valence-corrected chi connectivity index (χ0v) is 22.0. The Hall–Kier alpha value is -3.16. The Kier molecular flexibility index (Phi) is 7.83. The smallest absolute Gasteiger partial charge is 0.385 e. The molecule has 0 atom stereocenters. The third kappa shape index (κ3) is 5.61. The van der Waals surface area contributed by atoms with Gasteiger partial charge >= 0.3 is 6.18 Å². The van der Waals surface area contributed by atoms with E-state index in [9.17, 15) is 23.1 Å². The summed E-state index contributed by atoms with van der Waals surface area (Å²) in [6, 6.07) is 25.0. The number of aliphatic hydroxyl groups is 1. The number of benzene rings is 3. The average Bonchev–Trinajstić information content (AvgIpc) is 3.50. The maximum atomic E-state index is 14.3. The van der Waals surface area contributed by atoms with Gasteiger partial charge in [0, 0.05) is 26.2 Å². The number of rotatable bonds is 7. The molecular weight excluding hydrogens is 501 g/mol. The Morgan fingerprint density at radius 1 is 0.769 bits per heavy atom. The van der Waals surface area contributed by atoms with Gasteiger partial charge in [0.05, 0.1) is 11.2 Å². The lowest BCUT2D eigenvalue weighted by Crippen LogP contribution is -2.50. The van der Waals surface area contributed by atoms with Crippen LogP contribution in [0.1, 0.15) is 54.4 Å². The lowest BCUT2D eigenvalue weighted by molar-refractivity contribution is -0.138. The molecule has 0 bridgehead atoms. The Bertz CT molecular complexity index is 1210. The van der Waals surface area contributed by atoms with Crippen molar-refractivity contribution in [3.63, 3.8) is 0 Å². The standard InChI is InChI=1S/C32H35F3N2O2/c33-32(34,35)28-15-9-14-27(24-28)30(39)16-21-36(22-17-30)23-18-31(25-10-3-1-4-11-25,26-12-5-2-6-13-26)29(38)37-19-7-8-20-37/h1-6,9-15,24,39H,7-8,16-23H2. The summed E-state index contributed by atoms with van der Waals surface area (Å²) < 4.78 is 39.8. The van der Waals surface area contributed by atoms with Crippen LogP contribution in [-0.2, 0) is 22.0 Å². The molecule has 39 heavy (non-hydrogen) atoms. The molecule has 4 nitrogen and oxygen atoms in total. The third-order valence-corrected chi connectivity index (χ3v) is 8.51. The average molecular weight is 537 g/mol. The summed E-state index contributed by atoms with van der Waals surface area (Å²) in [5, 5.41) is 11.3. The lowest BCUT2D eigenvalue weighted by Gasteiger charge is -2.42. The molecule has 206 valence electrons. The van der Waals surface area contributed by atoms with Crippen LogP contribution in [0.5, 0.6) is 0 Å². The molecule has 2 fully saturated rings. The van der Waals surface area contributed by atoms with Crippen LogP contribution in [0, 0.1) is 0 Å². The number of hydrogen-bond donors (Lipinski definition) is 1. The van der Waals surface area contributed by atoms with Gasteiger partial charge in [0.2, 0.25) is 5.91 Å². The summed E-state index contributed by atoms with van der Waals surface area (Å²) in [5.74, 6) is 0.120. The van der Waals surface area contributed by atoms with E-state index in [2.05, 4.69) is 4.90 Å². The third-order valence-electron chi connectivity index (χ3n) is 8.51. The van der Waals surface area contributed by atoms with Crippen LogP contribution in [0.15, 0.2) is 84.9 Å². The minimum atomic E-state index is -4.45. The molecule has 3 aromatic rings. The number of carbonyl (C=O) groups excluding carboxylic acids is 1. The van der Waals surface area contributed by atoms with Gasteiger partial charge in [0.1, 0.15) is 5.41 Å². The summed E-state index contributed by atoms with van der Waals surface area (Å²) in [7, 11) is 0. The molecule has 0 spiro atoms. The van der Waals surface area contributed by atoms with E-state index in [1.54, 1.807) is 6.07 Å². The van der Waals surface area contributed by atoms with Crippen LogP contribution in [0.3, 0.4) is 0 Å².